The van der Waals surface area contributed by atoms with Crippen LogP contribution in [0.3, 0.4) is 0 Å². The number of carbonyl (C=O) groups excluding carboxylic acids is 3. The minimum atomic E-state index is -1.46. The van der Waals surface area contributed by atoms with Gasteiger partial charge in [0, 0.05) is 50.1 Å². The Kier molecular flexibility index (Phi) is 11.2. The van der Waals surface area contributed by atoms with Crippen molar-refractivity contribution in [3.05, 3.63) is 59.4 Å². The number of hydrogen-bond donors (Lipinski definition) is 3. The smallest absolute Gasteiger partial charge is 0.406 e. The third kappa shape index (κ3) is 7.54. The fraction of sp³-hybridized carbons (Fsp3) is 0.545. The SMILES string of the molecule is CCc1cccc(-c2c(F)cccc2[C@](O)(CCCNC(=O)OC)[C@@H]2CCCN(C(=O)C3CCN(C(=O)CN)CC3)C2)c1. The number of nitrogens with one attached hydrogen (secondary N) is 1. The van der Waals surface area contributed by atoms with Crippen molar-refractivity contribution in [2.75, 3.05) is 46.4 Å². The number of benzene rings is 2. The highest BCUT2D eigenvalue weighted by molar-refractivity contribution is 5.81. The van der Waals surface area contributed by atoms with Crippen LogP contribution in [0.25, 0.3) is 11.1 Å². The van der Waals surface area contributed by atoms with Gasteiger partial charge in [-0.2, -0.15) is 0 Å². The molecule has 0 spiro atoms. The van der Waals surface area contributed by atoms with E-state index in [0.29, 0.717) is 75.0 Å². The van der Waals surface area contributed by atoms with Gasteiger partial charge in [-0.05, 0) is 67.7 Å². The first-order valence-electron chi connectivity index (χ1n) is 15.4. The molecule has 2 aromatic rings. The predicted octanol–water partition coefficient (Wildman–Crippen LogP) is 3.81. The zero-order valence-electron chi connectivity index (χ0n) is 25.3. The van der Waals surface area contributed by atoms with Gasteiger partial charge in [0.25, 0.3) is 0 Å². The number of aryl methyl sites for hydroxylation is 1. The maximum atomic E-state index is 15.7. The fourth-order valence-corrected chi connectivity index (χ4v) is 6.63. The third-order valence-electron chi connectivity index (χ3n) is 9.07. The number of amides is 3. The lowest BCUT2D eigenvalue weighted by Gasteiger charge is -2.45. The normalized spacial score (nSPS) is 19.0. The second kappa shape index (κ2) is 14.8. The fourth-order valence-electron chi connectivity index (χ4n) is 6.63. The summed E-state index contributed by atoms with van der Waals surface area (Å²) in [6.45, 7) is 4.22. The number of hydrogen-bond acceptors (Lipinski definition) is 6. The van der Waals surface area contributed by atoms with Crippen LogP contribution in [-0.2, 0) is 26.3 Å². The maximum Gasteiger partial charge on any atom is 0.406 e. The molecular weight excluding hydrogens is 551 g/mol. The second-order valence-electron chi connectivity index (χ2n) is 11.6. The first-order valence-corrected chi connectivity index (χ1v) is 15.4. The molecule has 9 nitrogen and oxygen atoms in total. The van der Waals surface area contributed by atoms with Gasteiger partial charge in [-0.1, -0.05) is 43.3 Å². The highest BCUT2D eigenvalue weighted by Crippen LogP contribution is 2.44. The Bertz CT molecular complexity index is 1280. The molecule has 0 radical (unpaired) electrons. The molecule has 4 rings (SSSR count). The molecular formula is C33H45FN4O5. The van der Waals surface area contributed by atoms with Crippen LogP contribution in [0.15, 0.2) is 42.5 Å². The highest BCUT2D eigenvalue weighted by Gasteiger charge is 2.44. The molecule has 2 heterocycles. The van der Waals surface area contributed by atoms with E-state index < -0.39 is 17.5 Å². The van der Waals surface area contributed by atoms with E-state index in [-0.39, 0.29) is 43.2 Å². The quantitative estimate of drug-likeness (QED) is 0.358. The lowest BCUT2D eigenvalue weighted by Crippen LogP contribution is -2.51. The number of rotatable bonds is 10. The van der Waals surface area contributed by atoms with Crippen LogP contribution in [0, 0.1) is 17.7 Å². The number of piperidine rings is 2. The van der Waals surface area contributed by atoms with E-state index in [1.807, 2.05) is 36.1 Å². The molecule has 0 bridgehead atoms. The van der Waals surface area contributed by atoms with Gasteiger partial charge in [0.2, 0.25) is 11.8 Å². The van der Waals surface area contributed by atoms with E-state index in [2.05, 4.69) is 10.1 Å². The van der Waals surface area contributed by atoms with Crippen LogP contribution >= 0.6 is 0 Å². The number of carbonyl (C=O) groups is 3. The van der Waals surface area contributed by atoms with Gasteiger partial charge in [-0.15, -0.1) is 0 Å². The van der Waals surface area contributed by atoms with Crippen molar-refractivity contribution in [1.82, 2.24) is 15.1 Å². The predicted molar refractivity (Wildman–Crippen MR) is 162 cm³/mol. The standard InChI is InChI=1S/C33H45FN4O5/c1-3-23-8-4-9-25(20-23)30-27(11-5-12-28(30)34)33(42,15-7-16-36-32(41)43-2)26-10-6-17-38(22-26)31(40)24-13-18-37(19-14-24)29(39)21-35/h4-5,8-9,11-12,20,24,26,42H,3,6-7,10,13-19,21-22,35H2,1-2H3,(H,36,41)/t26-,33+/m1/s1. The Morgan fingerprint density at radius 1 is 1.09 bits per heavy atom. The van der Waals surface area contributed by atoms with Crippen molar-refractivity contribution in [2.24, 2.45) is 17.6 Å². The van der Waals surface area contributed by atoms with Crippen molar-refractivity contribution in [1.29, 1.82) is 0 Å². The Labute approximate surface area is 253 Å². The number of aliphatic hydroxyl groups is 1. The summed E-state index contributed by atoms with van der Waals surface area (Å²) in [6, 6.07) is 12.5. The summed E-state index contributed by atoms with van der Waals surface area (Å²) in [6.07, 6.45) is 3.45. The Balaban J connectivity index is 1.62. The molecule has 2 fully saturated rings. The lowest BCUT2D eigenvalue weighted by molar-refractivity contribution is -0.144. The molecule has 0 aliphatic carbocycles. The molecule has 4 N–H and O–H groups in total. The summed E-state index contributed by atoms with van der Waals surface area (Å²) < 4.78 is 20.4. The van der Waals surface area contributed by atoms with E-state index >= 15 is 4.39 Å². The molecule has 2 aromatic carbocycles. The monoisotopic (exact) mass is 596 g/mol. The van der Waals surface area contributed by atoms with Gasteiger partial charge >= 0.3 is 6.09 Å². The molecule has 0 unspecified atom stereocenters. The molecule has 0 saturated carbocycles. The summed E-state index contributed by atoms with van der Waals surface area (Å²) in [5.74, 6) is -1.03. The average Bonchev–Trinajstić information content (AvgIpc) is 3.05. The van der Waals surface area contributed by atoms with Crippen LogP contribution in [-0.4, -0.2) is 79.2 Å². The van der Waals surface area contributed by atoms with E-state index in [1.165, 1.54) is 13.2 Å². The third-order valence-corrected chi connectivity index (χ3v) is 9.07. The van der Waals surface area contributed by atoms with Gasteiger partial charge < -0.3 is 30.7 Å². The first-order chi connectivity index (χ1) is 20.7. The molecule has 0 aromatic heterocycles. The molecule has 2 aliphatic rings. The van der Waals surface area contributed by atoms with Crippen molar-refractivity contribution in [2.45, 2.75) is 57.5 Å². The van der Waals surface area contributed by atoms with Crippen LogP contribution in [0.1, 0.15) is 56.6 Å². The van der Waals surface area contributed by atoms with E-state index in [9.17, 15) is 19.5 Å². The van der Waals surface area contributed by atoms with Crippen molar-refractivity contribution in [3.8, 4) is 11.1 Å². The van der Waals surface area contributed by atoms with Crippen molar-refractivity contribution in [3.63, 3.8) is 0 Å². The van der Waals surface area contributed by atoms with E-state index in [0.717, 1.165) is 12.0 Å². The molecule has 2 aliphatic heterocycles. The summed E-state index contributed by atoms with van der Waals surface area (Å²) in [5, 5.41) is 15.3. The number of nitrogens with zero attached hydrogens (tertiary/aromatic N) is 2. The van der Waals surface area contributed by atoms with Crippen LogP contribution < -0.4 is 11.1 Å². The number of alkyl carbamates (subject to hydrolysis) is 1. The molecule has 43 heavy (non-hydrogen) atoms. The molecule has 10 heteroatoms. The van der Waals surface area contributed by atoms with E-state index in [1.54, 1.807) is 17.0 Å². The van der Waals surface area contributed by atoms with Crippen molar-refractivity contribution >= 4 is 17.9 Å². The van der Waals surface area contributed by atoms with E-state index in [4.69, 9.17) is 5.73 Å². The molecule has 234 valence electrons. The molecule has 2 atom stereocenters. The van der Waals surface area contributed by atoms with Gasteiger partial charge in [-0.3, -0.25) is 9.59 Å². The Morgan fingerprint density at radius 3 is 2.53 bits per heavy atom. The summed E-state index contributed by atoms with van der Waals surface area (Å²) in [4.78, 5) is 40.9. The number of halogens is 1. The highest BCUT2D eigenvalue weighted by atomic mass is 19.1. The number of methoxy groups -OCH3 is 1. The van der Waals surface area contributed by atoms with Crippen LogP contribution in [0.5, 0.6) is 0 Å². The van der Waals surface area contributed by atoms with Gasteiger partial charge in [-0.25, -0.2) is 9.18 Å². The summed E-state index contributed by atoms with van der Waals surface area (Å²) in [5.41, 5.74) is 6.66. The number of nitrogens with two attached hydrogens (primary N) is 1. The zero-order chi connectivity index (χ0) is 31.0. The zero-order valence-corrected chi connectivity index (χ0v) is 25.3. The Morgan fingerprint density at radius 2 is 1.84 bits per heavy atom. The summed E-state index contributed by atoms with van der Waals surface area (Å²) >= 11 is 0. The Hall–Kier alpha value is -3.50. The van der Waals surface area contributed by atoms with Gasteiger partial charge in [0.05, 0.1) is 19.3 Å². The van der Waals surface area contributed by atoms with Gasteiger partial charge in [0.15, 0.2) is 0 Å². The minimum Gasteiger partial charge on any atom is -0.453 e. The van der Waals surface area contributed by atoms with Crippen molar-refractivity contribution < 1.29 is 28.6 Å². The van der Waals surface area contributed by atoms with Crippen LogP contribution in [0.4, 0.5) is 9.18 Å². The lowest BCUT2D eigenvalue weighted by atomic mass is 9.72. The molecule has 3 amide bonds. The maximum absolute atomic E-state index is 15.7. The first kappa shape index (κ1) is 32.4. The van der Waals surface area contributed by atoms with Crippen LogP contribution in [0.2, 0.25) is 0 Å². The minimum absolute atomic E-state index is 0.0365. The number of likely N-dealkylation sites (tertiary alicyclic amines) is 2. The molecule has 2 saturated heterocycles. The average molecular weight is 597 g/mol. The number of ether oxygens (including phenoxy) is 1. The summed E-state index contributed by atoms with van der Waals surface area (Å²) in [7, 11) is 1.29. The topological polar surface area (TPSA) is 125 Å². The van der Waals surface area contributed by atoms with Gasteiger partial charge in [0.1, 0.15) is 5.82 Å². The second-order valence-corrected chi connectivity index (χ2v) is 11.6. The largest absolute Gasteiger partial charge is 0.453 e.